The predicted molar refractivity (Wildman–Crippen MR) is 123 cm³/mol. The van der Waals surface area contributed by atoms with Crippen molar-refractivity contribution in [2.24, 2.45) is 5.92 Å². The standard InChI is InChI=1S/C24H28N6O2/c31-23(18-3-1-4-18)27-12-2-11-26-22-20(16-5-6-16)13-28-24(30-22)29-19-9-7-17(8-10-19)21-14-25-15-32-21/h7-10,13-16,18H,1-6,11-12H2,(H,27,31)(H2,26,28,29,30). The molecule has 1 aromatic carbocycles. The van der Waals surface area contributed by atoms with Gasteiger partial charge in [-0.1, -0.05) is 6.42 Å². The third-order valence-electron chi connectivity index (χ3n) is 6.11. The summed E-state index contributed by atoms with van der Waals surface area (Å²) in [4.78, 5) is 25.2. The van der Waals surface area contributed by atoms with Crippen molar-refractivity contribution in [3.63, 3.8) is 0 Å². The molecule has 1 amide bonds. The van der Waals surface area contributed by atoms with Gasteiger partial charge in [-0.3, -0.25) is 4.79 Å². The molecule has 0 spiro atoms. The monoisotopic (exact) mass is 432 g/mol. The maximum atomic E-state index is 11.9. The first-order valence-electron chi connectivity index (χ1n) is 11.4. The minimum absolute atomic E-state index is 0.206. The van der Waals surface area contributed by atoms with Crippen LogP contribution in [0.3, 0.4) is 0 Å². The fourth-order valence-electron chi connectivity index (χ4n) is 3.81. The Hall–Kier alpha value is -3.42. The maximum Gasteiger partial charge on any atom is 0.229 e. The van der Waals surface area contributed by atoms with Crippen molar-refractivity contribution in [2.75, 3.05) is 23.7 Å². The topological polar surface area (TPSA) is 105 Å². The normalized spacial score (nSPS) is 15.8. The largest absolute Gasteiger partial charge is 0.444 e. The minimum Gasteiger partial charge on any atom is -0.444 e. The number of hydrogen-bond donors (Lipinski definition) is 3. The number of amides is 1. The number of hydrogen-bond acceptors (Lipinski definition) is 7. The van der Waals surface area contributed by atoms with E-state index in [1.54, 1.807) is 6.20 Å². The molecule has 166 valence electrons. The lowest BCUT2D eigenvalue weighted by Crippen LogP contribution is -2.35. The summed E-state index contributed by atoms with van der Waals surface area (Å²) in [6, 6.07) is 7.87. The van der Waals surface area contributed by atoms with Gasteiger partial charge in [0.2, 0.25) is 11.9 Å². The highest BCUT2D eigenvalue weighted by Crippen LogP contribution is 2.42. The van der Waals surface area contributed by atoms with E-state index in [9.17, 15) is 4.79 Å². The quantitative estimate of drug-likeness (QED) is 0.406. The molecule has 2 heterocycles. The summed E-state index contributed by atoms with van der Waals surface area (Å²) in [5, 5.41) is 9.78. The molecule has 2 saturated carbocycles. The lowest BCUT2D eigenvalue weighted by atomic mass is 9.85. The molecule has 2 fully saturated rings. The first kappa shape index (κ1) is 20.5. The van der Waals surface area contributed by atoms with Gasteiger partial charge >= 0.3 is 0 Å². The second kappa shape index (κ2) is 9.38. The van der Waals surface area contributed by atoms with Crippen molar-refractivity contribution in [1.82, 2.24) is 20.3 Å². The third kappa shape index (κ3) is 4.90. The Labute approximate surface area is 187 Å². The van der Waals surface area contributed by atoms with Gasteiger partial charge in [-0.05, 0) is 62.3 Å². The van der Waals surface area contributed by atoms with E-state index in [1.807, 2.05) is 30.5 Å². The first-order chi connectivity index (χ1) is 15.8. The van der Waals surface area contributed by atoms with E-state index in [1.165, 1.54) is 31.2 Å². The molecule has 0 unspecified atom stereocenters. The van der Waals surface area contributed by atoms with Crippen molar-refractivity contribution >= 4 is 23.4 Å². The zero-order valence-electron chi connectivity index (χ0n) is 18.0. The summed E-state index contributed by atoms with van der Waals surface area (Å²) in [6.07, 6.45) is 11.5. The molecule has 8 nitrogen and oxygen atoms in total. The fourth-order valence-corrected chi connectivity index (χ4v) is 3.81. The summed E-state index contributed by atoms with van der Waals surface area (Å²) in [5.41, 5.74) is 3.04. The zero-order valence-corrected chi connectivity index (χ0v) is 18.0. The maximum absolute atomic E-state index is 11.9. The number of oxazole rings is 1. The van der Waals surface area contributed by atoms with E-state index in [0.29, 0.717) is 18.4 Å². The average molecular weight is 433 g/mol. The van der Waals surface area contributed by atoms with Crippen LogP contribution in [-0.4, -0.2) is 33.9 Å². The highest BCUT2D eigenvalue weighted by atomic mass is 16.3. The van der Waals surface area contributed by atoms with Crippen LogP contribution in [0.5, 0.6) is 0 Å². The molecule has 3 aromatic rings. The van der Waals surface area contributed by atoms with Gasteiger partial charge in [-0.15, -0.1) is 0 Å². The van der Waals surface area contributed by atoms with Crippen molar-refractivity contribution in [3.8, 4) is 11.3 Å². The molecule has 0 atom stereocenters. The molecule has 2 aromatic heterocycles. The Morgan fingerprint density at radius 1 is 1.06 bits per heavy atom. The van der Waals surface area contributed by atoms with Crippen LogP contribution in [0, 0.1) is 5.92 Å². The van der Waals surface area contributed by atoms with Crippen LogP contribution >= 0.6 is 0 Å². The Kier molecular flexibility index (Phi) is 6.00. The van der Waals surface area contributed by atoms with Gasteiger partial charge in [-0.2, -0.15) is 4.98 Å². The average Bonchev–Trinajstić information content (AvgIpc) is 3.46. The predicted octanol–water partition coefficient (Wildman–Crippen LogP) is 4.47. The van der Waals surface area contributed by atoms with Crippen molar-refractivity contribution < 1.29 is 9.21 Å². The molecule has 5 rings (SSSR count). The lowest BCUT2D eigenvalue weighted by Gasteiger charge is -2.24. The number of carbonyl (C=O) groups excluding carboxylic acids is 1. The van der Waals surface area contributed by atoms with E-state index in [0.717, 1.165) is 48.6 Å². The molecule has 0 saturated heterocycles. The molecule has 3 N–H and O–H groups in total. The van der Waals surface area contributed by atoms with Gasteiger partial charge in [0.25, 0.3) is 0 Å². The van der Waals surface area contributed by atoms with Crippen LogP contribution in [0.4, 0.5) is 17.5 Å². The van der Waals surface area contributed by atoms with E-state index >= 15 is 0 Å². The van der Waals surface area contributed by atoms with Gasteiger partial charge in [0.1, 0.15) is 5.82 Å². The number of benzene rings is 1. The van der Waals surface area contributed by atoms with Crippen molar-refractivity contribution in [3.05, 3.63) is 48.6 Å². The van der Waals surface area contributed by atoms with Crippen LogP contribution in [0.1, 0.15) is 50.0 Å². The Morgan fingerprint density at radius 3 is 2.59 bits per heavy atom. The van der Waals surface area contributed by atoms with E-state index in [4.69, 9.17) is 9.40 Å². The van der Waals surface area contributed by atoms with E-state index in [-0.39, 0.29) is 11.8 Å². The van der Waals surface area contributed by atoms with Gasteiger partial charge in [0, 0.05) is 42.0 Å². The highest BCUT2D eigenvalue weighted by molar-refractivity contribution is 5.79. The second-order valence-electron chi connectivity index (χ2n) is 8.54. The number of aromatic nitrogens is 3. The SMILES string of the molecule is O=C(NCCCNc1nc(Nc2ccc(-c3cnco3)cc2)ncc1C1CC1)C1CCC1. The van der Waals surface area contributed by atoms with Crippen LogP contribution in [-0.2, 0) is 4.79 Å². The van der Waals surface area contributed by atoms with E-state index in [2.05, 4.69) is 25.9 Å². The first-order valence-corrected chi connectivity index (χ1v) is 11.4. The number of nitrogens with one attached hydrogen (secondary N) is 3. The van der Waals surface area contributed by atoms with E-state index < -0.39 is 0 Å². The summed E-state index contributed by atoms with van der Waals surface area (Å²) in [5.74, 6) is 3.17. The van der Waals surface area contributed by atoms with Crippen molar-refractivity contribution in [1.29, 1.82) is 0 Å². The van der Waals surface area contributed by atoms with Crippen LogP contribution in [0.15, 0.2) is 47.5 Å². The molecular weight excluding hydrogens is 404 g/mol. The lowest BCUT2D eigenvalue weighted by molar-refractivity contribution is -0.127. The molecule has 2 aliphatic rings. The molecule has 32 heavy (non-hydrogen) atoms. The molecular formula is C24H28N6O2. The van der Waals surface area contributed by atoms with Crippen LogP contribution in [0.2, 0.25) is 0 Å². The van der Waals surface area contributed by atoms with Crippen LogP contribution < -0.4 is 16.0 Å². The Balaban J connectivity index is 1.18. The molecule has 0 bridgehead atoms. The Morgan fingerprint density at radius 2 is 1.91 bits per heavy atom. The number of nitrogens with zero attached hydrogens (tertiary/aromatic N) is 3. The smallest absolute Gasteiger partial charge is 0.229 e. The van der Waals surface area contributed by atoms with Crippen molar-refractivity contribution in [2.45, 2.75) is 44.4 Å². The summed E-state index contributed by atoms with van der Waals surface area (Å²) in [6.45, 7) is 1.45. The summed E-state index contributed by atoms with van der Waals surface area (Å²) < 4.78 is 5.34. The Bertz CT molecular complexity index is 1040. The van der Waals surface area contributed by atoms with Crippen LogP contribution in [0.25, 0.3) is 11.3 Å². The summed E-state index contributed by atoms with van der Waals surface area (Å²) in [7, 11) is 0. The molecule has 8 heteroatoms. The third-order valence-corrected chi connectivity index (χ3v) is 6.11. The van der Waals surface area contributed by atoms with Gasteiger partial charge in [-0.25, -0.2) is 9.97 Å². The van der Waals surface area contributed by atoms with Gasteiger partial charge < -0.3 is 20.4 Å². The number of anilines is 3. The zero-order chi connectivity index (χ0) is 21.8. The fraction of sp³-hybridized carbons (Fsp3) is 0.417. The highest BCUT2D eigenvalue weighted by Gasteiger charge is 2.28. The number of carbonyl (C=O) groups is 1. The van der Waals surface area contributed by atoms with Gasteiger partial charge in [0.05, 0.1) is 6.20 Å². The minimum atomic E-state index is 0.206. The number of rotatable bonds is 10. The second-order valence-corrected chi connectivity index (χ2v) is 8.54. The van der Waals surface area contributed by atoms with Gasteiger partial charge in [0.15, 0.2) is 12.2 Å². The molecule has 0 radical (unpaired) electrons. The molecule has 2 aliphatic carbocycles. The summed E-state index contributed by atoms with van der Waals surface area (Å²) >= 11 is 0. The molecule has 0 aliphatic heterocycles.